The minimum Gasteiger partial charge on any atom is -0.315 e. The molecule has 2 aromatic heterocycles. The Kier molecular flexibility index (Phi) is 4.97. The molecule has 1 unspecified atom stereocenters. The van der Waals surface area contributed by atoms with Crippen LogP contribution >= 0.6 is 0 Å². The number of carbonyl (C=O) groups is 1. The lowest BCUT2D eigenvalue weighted by atomic mass is 10.0. The molecule has 0 bridgehead atoms. The summed E-state index contributed by atoms with van der Waals surface area (Å²) in [5, 5.41) is 3.98. The van der Waals surface area contributed by atoms with Gasteiger partial charge in [-0.15, -0.1) is 0 Å². The Morgan fingerprint density at radius 1 is 0.857 bits per heavy atom. The highest BCUT2D eigenvalue weighted by molar-refractivity contribution is 5.99. The summed E-state index contributed by atoms with van der Waals surface area (Å²) >= 11 is 0. The maximum atomic E-state index is 13.1. The molecular formula is C23H20N4O. The van der Waals surface area contributed by atoms with E-state index in [0.29, 0.717) is 5.69 Å². The van der Waals surface area contributed by atoms with E-state index in [2.05, 4.69) is 15.3 Å². The number of nitrogens with zero attached hydrogens (tertiary/aromatic N) is 3. The largest absolute Gasteiger partial charge is 0.322 e. The van der Waals surface area contributed by atoms with Gasteiger partial charge in [-0.2, -0.15) is 0 Å². The van der Waals surface area contributed by atoms with E-state index in [-0.39, 0.29) is 12.1 Å². The quantitative estimate of drug-likeness (QED) is 0.558. The average molecular weight is 368 g/mol. The van der Waals surface area contributed by atoms with Crippen molar-refractivity contribution in [3.63, 3.8) is 0 Å². The molecule has 2 aromatic carbocycles. The van der Waals surface area contributed by atoms with Gasteiger partial charge in [0.1, 0.15) is 6.04 Å². The van der Waals surface area contributed by atoms with Gasteiger partial charge in [-0.05, 0) is 29.8 Å². The molecule has 5 nitrogen and oxygen atoms in total. The molecule has 0 spiro atoms. The van der Waals surface area contributed by atoms with Crippen LogP contribution in [0, 0.1) is 0 Å². The normalized spacial score (nSPS) is 11.8. The van der Waals surface area contributed by atoms with Gasteiger partial charge in [0.05, 0.1) is 16.9 Å². The maximum Gasteiger partial charge on any atom is 0.322 e. The number of anilines is 1. The lowest BCUT2D eigenvalue weighted by molar-refractivity contribution is 0.211. The minimum absolute atomic E-state index is 0.224. The number of amides is 2. The second-order valence-corrected chi connectivity index (χ2v) is 6.49. The third kappa shape index (κ3) is 3.55. The van der Waals surface area contributed by atoms with Gasteiger partial charge in [-0.25, -0.2) is 4.79 Å². The fraction of sp³-hybridized carbons (Fsp3) is 0.0870. The predicted molar refractivity (Wildman–Crippen MR) is 111 cm³/mol. The van der Waals surface area contributed by atoms with Crippen molar-refractivity contribution in [3.05, 3.63) is 103 Å². The number of pyridine rings is 2. The van der Waals surface area contributed by atoms with E-state index < -0.39 is 0 Å². The van der Waals surface area contributed by atoms with E-state index in [1.54, 1.807) is 24.3 Å². The molecule has 0 radical (unpaired) electrons. The van der Waals surface area contributed by atoms with Crippen LogP contribution in [0.1, 0.15) is 17.3 Å². The van der Waals surface area contributed by atoms with Crippen molar-refractivity contribution in [2.45, 2.75) is 6.04 Å². The average Bonchev–Trinajstić information content (AvgIpc) is 2.75. The number of carbonyl (C=O) groups excluding carboxylic acids is 1. The molecule has 0 fully saturated rings. The SMILES string of the molecule is CN(C(=O)Nc1cccc2cccnc12)C(c1ccccc1)c1ccccn1. The van der Waals surface area contributed by atoms with Gasteiger partial charge in [0.15, 0.2) is 0 Å². The summed E-state index contributed by atoms with van der Waals surface area (Å²) in [5.41, 5.74) is 3.25. The van der Waals surface area contributed by atoms with Gasteiger partial charge >= 0.3 is 6.03 Å². The second-order valence-electron chi connectivity index (χ2n) is 6.49. The Morgan fingerprint density at radius 2 is 1.61 bits per heavy atom. The maximum absolute atomic E-state index is 13.1. The van der Waals surface area contributed by atoms with Crippen LogP contribution in [0.2, 0.25) is 0 Å². The monoisotopic (exact) mass is 368 g/mol. The van der Waals surface area contributed by atoms with Crippen LogP contribution in [0.25, 0.3) is 10.9 Å². The Balaban J connectivity index is 1.67. The molecule has 4 rings (SSSR count). The molecule has 0 aliphatic carbocycles. The number of fused-ring (bicyclic) bond motifs is 1. The molecule has 0 saturated heterocycles. The molecule has 1 atom stereocenters. The zero-order chi connectivity index (χ0) is 19.3. The molecule has 4 aromatic rings. The summed E-state index contributed by atoms with van der Waals surface area (Å²) in [6, 6.07) is 24.7. The van der Waals surface area contributed by atoms with E-state index in [1.807, 2.05) is 78.9 Å². The van der Waals surface area contributed by atoms with E-state index in [0.717, 1.165) is 22.2 Å². The molecule has 0 aliphatic heterocycles. The van der Waals surface area contributed by atoms with Gasteiger partial charge in [0.25, 0.3) is 0 Å². The first-order valence-corrected chi connectivity index (χ1v) is 9.07. The summed E-state index contributed by atoms with van der Waals surface area (Å²) in [6.45, 7) is 0. The summed E-state index contributed by atoms with van der Waals surface area (Å²) in [5.74, 6) is 0. The molecule has 0 aliphatic rings. The van der Waals surface area contributed by atoms with Crippen molar-refractivity contribution in [2.75, 3.05) is 12.4 Å². The minimum atomic E-state index is -0.301. The fourth-order valence-corrected chi connectivity index (χ4v) is 3.29. The highest BCUT2D eigenvalue weighted by Crippen LogP contribution is 2.27. The second kappa shape index (κ2) is 7.88. The number of rotatable bonds is 4. The zero-order valence-electron chi connectivity index (χ0n) is 15.5. The highest BCUT2D eigenvalue weighted by atomic mass is 16.2. The summed E-state index contributed by atoms with van der Waals surface area (Å²) in [4.78, 5) is 23.7. The first-order chi connectivity index (χ1) is 13.7. The Morgan fingerprint density at radius 3 is 2.39 bits per heavy atom. The highest BCUT2D eigenvalue weighted by Gasteiger charge is 2.25. The third-order valence-electron chi connectivity index (χ3n) is 4.67. The summed E-state index contributed by atoms with van der Waals surface area (Å²) in [7, 11) is 1.78. The van der Waals surface area contributed by atoms with Crippen molar-refractivity contribution in [1.82, 2.24) is 14.9 Å². The van der Waals surface area contributed by atoms with Gasteiger partial charge in [-0.3, -0.25) is 9.97 Å². The number of urea groups is 1. The predicted octanol–water partition coefficient (Wildman–Crippen LogP) is 4.88. The smallest absolute Gasteiger partial charge is 0.315 e. The number of para-hydroxylation sites is 1. The lowest BCUT2D eigenvalue weighted by Crippen LogP contribution is -2.36. The molecular weight excluding hydrogens is 348 g/mol. The number of nitrogens with one attached hydrogen (secondary N) is 1. The fourth-order valence-electron chi connectivity index (χ4n) is 3.29. The molecule has 2 heterocycles. The van der Waals surface area contributed by atoms with Crippen molar-refractivity contribution < 1.29 is 4.79 Å². The van der Waals surface area contributed by atoms with Gasteiger partial charge in [-0.1, -0.05) is 54.6 Å². The number of benzene rings is 2. The van der Waals surface area contributed by atoms with Crippen LogP contribution in [-0.2, 0) is 0 Å². The summed E-state index contributed by atoms with van der Waals surface area (Å²) in [6.07, 6.45) is 3.47. The van der Waals surface area contributed by atoms with Crippen LogP contribution in [0.4, 0.5) is 10.5 Å². The summed E-state index contributed by atoms with van der Waals surface area (Å²) < 4.78 is 0. The van der Waals surface area contributed by atoms with Crippen LogP contribution in [0.5, 0.6) is 0 Å². The molecule has 1 N–H and O–H groups in total. The van der Waals surface area contributed by atoms with Crippen LogP contribution in [-0.4, -0.2) is 27.9 Å². The Hall–Kier alpha value is -3.73. The standard InChI is InChI=1S/C23H20N4O/c1-27(22(18-9-3-2-4-10-18)20-13-5-6-15-24-20)23(28)26-19-14-7-11-17-12-8-16-25-21(17)19/h2-16,22H,1H3,(H,26,28). The van der Waals surface area contributed by atoms with Crippen LogP contribution in [0.3, 0.4) is 0 Å². The van der Waals surface area contributed by atoms with Crippen molar-refractivity contribution in [2.24, 2.45) is 0 Å². The van der Waals surface area contributed by atoms with E-state index in [1.165, 1.54) is 0 Å². The first-order valence-electron chi connectivity index (χ1n) is 9.07. The van der Waals surface area contributed by atoms with E-state index in [4.69, 9.17) is 0 Å². The van der Waals surface area contributed by atoms with Crippen molar-refractivity contribution in [3.8, 4) is 0 Å². The van der Waals surface area contributed by atoms with Crippen molar-refractivity contribution in [1.29, 1.82) is 0 Å². The van der Waals surface area contributed by atoms with E-state index >= 15 is 0 Å². The molecule has 28 heavy (non-hydrogen) atoms. The van der Waals surface area contributed by atoms with Crippen LogP contribution < -0.4 is 5.32 Å². The molecule has 138 valence electrons. The molecule has 2 amide bonds. The number of aromatic nitrogens is 2. The molecule has 0 saturated carbocycles. The van der Waals surface area contributed by atoms with Gasteiger partial charge in [0, 0.05) is 24.8 Å². The lowest BCUT2D eigenvalue weighted by Gasteiger charge is -2.28. The first kappa shape index (κ1) is 17.7. The Labute approximate surface area is 163 Å². The third-order valence-corrected chi connectivity index (χ3v) is 4.67. The Bertz CT molecular complexity index is 1040. The number of hydrogen-bond donors (Lipinski definition) is 1. The zero-order valence-corrected chi connectivity index (χ0v) is 15.5. The number of hydrogen-bond acceptors (Lipinski definition) is 3. The van der Waals surface area contributed by atoms with Crippen LogP contribution in [0.15, 0.2) is 91.3 Å². The van der Waals surface area contributed by atoms with Gasteiger partial charge < -0.3 is 10.2 Å². The molecule has 5 heteroatoms. The van der Waals surface area contributed by atoms with Gasteiger partial charge in [0.2, 0.25) is 0 Å². The van der Waals surface area contributed by atoms with E-state index in [9.17, 15) is 4.79 Å². The van der Waals surface area contributed by atoms with Crippen molar-refractivity contribution >= 4 is 22.6 Å². The topological polar surface area (TPSA) is 58.1 Å².